The first-order valence-electron chi connectivity index (χ1n) is 6.02. The molecule has 0 aliphatic rings. The van der Waals surface area contributed by atoms with Crippen molar-refractivity contribution in [3.63, 3.8) is 0 Å². The maximum Gasteiger partial charge on any atom is 0.330 e. The van der Waals surface area contributed by atoms with Crippen LogP contribution in [-0.4, -0.2) is 17.0 Å². The molecule has 0 saturated heterocycles. The van der Waals surface area contributed by atoms with Crippen molar-refractivity contribution in [1.29, 1.82) is 0 Å². The molecule has 2 aromatic rings. The predicted octanol–water partition coefficient (Wildman–Crippen LogP) is 2.99. The van der Waals surface area contributed by atoms with Crippen LogP contribution in [0.3, 0.4) is 0 Å². The van der Waals surface area contributed by atoms with Gasteiger partial charge in [0.2, 0.25) is 0 Å². The number of rotatable bonds is 4. The van der Waals surface area contributed by atoms with E-state index in [2.05, 4.69) is 5.32 Å². The summed E-state index contributed by atoms with van der Waals surface area (Å²) in [6.45, 7) is 0. The van der Waals surface area contributed by atoms with Crippen LogP contribution in [0.2, 0.25) is 0 Å². The van der Waals surface area contributed by atoms with Crippen molar-refractivity contribution in [2.24, 2.45) is 0 Å². The van der Waals surface area contributed by atoms with Gasteiger partial charge >= 0.3 is 5.97 Å². The first-order valence-corrected chi connectivity index (χ1v) is 7.10. The van der Waals surface area contributed by atoms with E-state index in [1.165, 1.54) is 12.1 Å². The summed E-state index contributed by atoms with van der Waals surface area (Å²) >= 11 is 1.83. The van der Waals surface area contributed by atoms with Crippen molar-refractivity contribution >= 4 is 34.5 Å². The Labute approximate surface area is 134 Å². The Morgan fingerprint density at radius 2 is 1.81 bits per heavy atom. The van der Waals surface area contributed by atoms with E-state index in [9.17, 15) is 19.1 Å². The van der Waals surface area contributed by atoms with Gasteiger partial charge in [-0.1, -0.05) is 30.3 Å². The molecule has 2 aromatic carbocycles. The number of amides is 1. The molecule has 0 radical (unpaired) electrons. The van der Waals surface area contributed by atoms with E-state index in [1.807, 2.05) is 22.6 Å². The van der Waals surface area contributed by atoms with Gasteiger partial charge in [-0.15, -0.1) is 0 Å². The average Bonchev–Trinajstić information content (AvgIpc) is 2.45. The van der Waals surface area contributed by atoms with Gasteiger partial charge in [0.25, 0.3) is 5.91 Å². The standard InChI is InChI=1S/C15H11FINO3/c16-10-6-7-11(12(17)8-10)14(19)18-13(15(20)21)9-4-2-1-3-5-9/h1-8,13H,(H,18,19)(H,20,21)/t13-/m0/s1. The Kier molecular flexibility index (Phi) is 4.89. The second-order valence-corrected chi connectivity index (χ2v) is 5.44. The number of carboxylic acids is 1. The summed E-state index contributed by atoms with van der Waals surface area (Å²) in [5.41, 5.74) is 0.703. The van der Waals surface area contributed by atoms with Crippen LogP contribution in [0, 0.1) is 9.39 Å². The van der Waals surface area contributed by atoms with Gasteiger partial charge in [0.1, 0.15) is 5.82 Å². The molecule has 6 heteroatoms. The molecule has 0 bridgehead atoms. The Hall–Kier alpha value is -1.96. The summed E-state index contributed by atoms with van der Waals surface area (Å²) in [4.78, 5) is 23.5. The van der Waals surface area contributed by atoms with Gasteiger partial charge in [0.05, 0.1) is 5.56 Å². The molecule has 108 valence electrons. The first-order chi connectivity index (χ1) is 9.99. The van der Waals surface area contributed by atoms with Crippen LogP contribution < -0.4 is 5.32 Å². The Bertz CT molecular complexity index is 676. The average molecular weight is 399 g/mol. The summed E-state index contributed by atoms with van der Waals surface area (Å²) in [5.74, 6) is -2.17. The quantitative estimate of drug-likeness (QED) is 0.778. The Morgan fingerprint density at radius 3 is 2.38 bits per heavy atom. The van der Waals surface area contributed by atoms with E-state index in [1.54, 1.807) is 30.3 Å². The number of hydrogen-bond donors (Lipinski definition) is 2. The van der Waals surface area contributed by atoms with Crippen molar-refractivity contribution in [1.82, 2.24) is 5.32 Å². The molecule has 0 fully saturated rings. The number of benzene rings is 2. The zero-order valence-electron chi connectivity index (χ0n) is 10.7. The van der Waals surface area contributed by atoms with E-state index in [4.69, 9.17) is 0 Å². The zero-order chi connectivity index (χ0) is 15.4. The minimum absolute atomic E-state index is 0.235. The number of carbonyl (C=O) groups is 2. The Morgan fingerprint density at radius 1 is 1.14 bits per heavy atom. The lowest BCUT2D eigenvalue weighted by atomic mass is 10.1. The molecule has 4 nitrogen and oxygen atoms in total. The number of nitrogens with one attached hydrogen (secondary N) is 1. The number of hydrogen-bond acceptors (Lipinski definition) is 2. The molecule has 21 heavy (non-hydrogen) atoms. The van der Waals surface area contributed by atoms with Crippen LogP contribution in [0.5, 0.6) is 0 Å². The molecule has 0 spiro atoms. The molecule has 0 aliphatic carbocycles. The summed E-state index contributed by atoms with van der Waals surface area (Å²) in [5, 5.41) is 11.7. The summed E-state index contributed by atoms with van der Waals surface area (Å²) in [6.07, 6.45) is 0. The maximum absolute atomic E-state index is 13.0. The lowest BCUT2D eigenvalue weighted by Gasteiger charge is -2.15. The van der Waals surface area contributed by atoms with E-state index >= 15 is 0 Å². The highest BCUT2D eigenvalue weighted by atomic mass is 127. The molecule has 1 amide bonds. The number of halogens is 2. The highest BCUT2D eigenvalue weighted by Crippen LogP contribution is 2.17. The molecule has 0 unspecified atom stereocenters. The fourth-order valence-electron chi connectivity index (χ4n) is 1.82. The van der Waals surface area contributed by atoms with E-state index in [0.29, 0.717) is 9.13 Å². The number of carboxylic acid groups (broad SMARTS) is 1. The normalized spacial score (nSPS) is 11.7. The smallest absolute Gasteiger partial charge is 0.330 e. The fourth-order valence-corrected chi connectivity index (χ4v) is 2.54. The predicted molar refractivity (Wildman–Crippen MR) is 83.4 cm³/mol. The molecule has 1 atom stereocenters. The van der Waals surface area contributed by atoms with Crippen LogP contribution in [0.1, 0.15) is 22.0 Å². The molecule has 2 N–H and O–H groups in total. The lowest BCUT2D eigenvalue weighted by molar-refractivity contribution is -0.139. The van der Waals surface area contributed by atoms with Crippen LogP contribution >= 0.6 is 22.6 Å². The van der Waals surface area contributed by atoms with Crippen molar-refractivity contribution in [3.05, 3.63) is 69.0 Å². The van der Waals surface area contributed by atoms with Crippen molar-refractivity contribution in [2.75, 3.05) is 0 Å². The molecule has 0 heterocycles. The van der Waals surface area contributed by atoms with Gasteiger partial charge in [-0.25, -0.2) is 9.18 Å². The monoisotopic (exact) mass is 399 g/mol. The molecular formula is C15H11FINO3. The summed E-state index contributed by atoms with van der Waals surface area (Å²) in [7, 11) is 0. The highest BCUT2D eigenvalue weighted by Gasteiger charge is 2.23. The van der Waals surface area contributed by atoms with Gasteiger partial charge in [-0.05, 0) is 46.4 Å². The molecule has 2 rings (SSSR count). The SMILES string of the molecule is O=C(N[C@H](C(=O)O)c1ccccc1)c1ccc(F)cc1I. The van der Waals surface area contributed by atoms with E-state index in [0.717, 1.165) is 6.07 Å². The van der Waals surface area contributed by atoms with Crippen LogP contribution in [-0.2, 0) is 4.79 Å². The summed E-state index contributed by atoms with van der Waals surface area (Å²) < 4.78 is 13.5. The van der Waals surface area contributed by atoms with E-state index < -0.39 is 23.7 Å². The third-order valence-corrected chi connectivity index (χ3v) is 3.72. The first kappa shape index (κ1) is 15.4. The van der Waals surface area contributed by atoms with Gasteiger partial charge in [-0.2, -0.15) is 0 Å². The Balaban J connectivity index is 2.25. The zero-order valence-corrected chi connectivity index (χ0v) is 12.9. The van der Waals surface area contributed by atoms with Crippen LogP contribution in [0.4, 0.5) is 4.39 Å². The third kappa shape index (κ3) is 3.78. The second kappa shape index (κ2) is 6.66. The molecule has 0 aliphatic heterocycles. The molecule has 0 aromatic heterocycles. The molecule has 0 saturated carbocycles. The topological polar surface area (TPSA) is 66.4 Å². The minimum Gasteiger partial charge on any atom is -0.479 e. The fraction of sp³-hybridized carbons (Fsp3) is 0.0667. The minimum atomic E-state index is -1.16. The number of carbonyl (C=O) groups excluding carboxylic acids is 1. The van der Waals surface area contributed by atoms with Crippen molar-refractivity contribution in [3.8, 4) is 0 Å². The maximum atomic E-state index is 13.0. The van der Waals surface area contributed by atoms with Crippen LogP contribution in [0.25, 0.3) is 0 Å². The van der Waals surface area contributed by atoms with Gasteiger partial charge in [-0.3, -0.25) is 4.79 Å². The second-order valence-electron chi connectivity index (χ2n) is 4.28. The van der Waals surface area contributed by atoms with Gasteiger partial charge < -0.3 is 10.4 Å². The van der Waals surface area contributed by atoms with Gasteiger partial charge in [0, 0.05) is 3.57 Å². The summed E-state index contributed by atoms with van der Waals surface area (Å²) in [6, 6.07) is 10.9. The highest BCUT2D eigenvalue weighted by molar-refractivity contribution is 14.1. The largest absolute Gasteiger partial charge is 0.479 e. The molecular weight excluding hydrogens is 388 g/mol. The van der Waals surface area contributed by atoms with Crippen molar-refractivity contribution in [2.45, 2.75) is 6.04 Å². The lowest BCUT2D eigenvalue weighted by Crippen LogP contribution is -2.34. The third-order valence-electron chi connectivity index (χ3n) is 2.83. The van der Waals surface area contributed by atoms with E-state index in [-0.39, 0.29) is 5.56 Å². The van der Waals surface area contributed by atoms with Crippen LogP contribution in [0.15, 0.2) is 48.5 Å². The van der Waals surface area contributed by atoms with Crippen molar-refractivity contribution < 1.29 is 19.1 Å². The number of aliphatic carboxylic acids is 1. The van der Waals surface area contributed by atoms with Gasteiger partial charge in [0.15, 0.2) is 6.04 Å².